The number of fused-ring (bicyclic) bond motifs is 1. The Labute approximate surface area is 574 Å². The second-order valence-corrected chi connectivity index (χ2v) is 25.0. The number of rotatable bonds is 42. The van der Waals surface area contributed by atoms with Crippen LogP contribution in [0.3, 0.4) is 0 Å². The number of nitrogens with two attached hydrogens (primary N) is 4. The molecular weight excluding hydrogens is 1320 g/mol. The fourth-order valence-corrected chi connectivity index (χ4v) is 10.0. The summed E-state index contributed by atoms with van der Waals surface area (Å²) in [5, 5.41) is 61.8. The van der Waals surface area contributed by atoms with Crippen LogP contribution < -0.4 is 76.1 Å². The number of aromatic amines is 1. The van der Waals surface area contributed by atoms with Crippen molar-refractivity contribution in [3.8, 4) is 0 Å². The smallest absolute Gasteiger partial charge is 0.328 e. The summed E-state index contributed by atoms with van der Waals surface area (Å²) >= 11 is 1.27. The second-order valence-electron chi connectivity index (χ2n) is 24.0. The molecule has 1 aromatic heterocycles. The Kier molecular flexibility index (Phi) is 36.4. The maximum absolute atomic E-state index is 14.9. The molecule has 0 fully saturated rings. The first-order valence-electron chi connectivity index (χ1n) is 31.4. The van der Waals surface area contributed by atoms with Crippen LogP contribution in [0.5, 0.6) is 0 Å². The van der Waals surface area contributed by atoms with Gasteiger partial charge in [-0.05, 0) is 80.6 Å². The molecule has 2 aromatic carbocycles. The number of amides is 13. The van der Waals surface area contributed by atoms with Gasteiger partial charge in [-0.15, -0.1) is 0 Å². The zero-order valence-electron chi connectivity index (χ0n) is 56.2. The van der Waals surface area contributed by atoms with E-state index < -0.39 is 205 Å². The zero-order valence-corrected chi connectivity index (χ0v) is 57.0. The monoisotopic (exact) mass is 1410 g/mol. The van der Waals surface area contributed by atoms with E-state index in [1.807, 2.05) is 0 Å². The van der Waals surface area contributed by atoms with Gasteiger partial charge >= 0.3 is 11.9 Å². The Morgan fingerprint density at radius 3 is 1.35 bits per heavy atom. The van der Waals surface area contributed by atoms with Crippen molar-refractivity contribution in [1.29, 1.82) is 0 Å². The number of benzene rings is 2. The predicted octanol–water partition coefficient (Wildman–Crippen LogP) is -3.96. The summed E-state index contributed by atoms with van der Waals surface area (Å²) < 4.78 is 0. The van der Waals surface area contributed by atoms with Gasteiger partial charge in [-0.3, -0.25) is 71.9 Å². The number of H-pyrrole nitrogens is 1. The van der Waals surface area contributed by atoms with Gasteiger partial charge in [-0.25, -0.2) is 4.79 Å². The summed E-state index contributed by atoms with van der Waals surface area (Å²) in [5.41, 5.74) is 23.4. The van der Waals surface area contributed by atoms with E-state index in [9.17, 15) is 87.2 Å². The number of carbonyl (C=O) groups is 16. The number of para-hydroxylation sites is 1. The first-order valence-corrected chi connectivity index (χ1v) is 32.8. The quantitative estimate of drug-likeness (QED) is 0.0257. The van der Waals surface area contributed by atoms with E-state index in [2.05, 4.69) is 58.2 Å². The Morgan fingerprint density at radius 2 is 0.879 bits per heavy atom. The molecule has 23 N–H and O–H groups in total. The number of aliphatic hydroxyl groups is 1. The Bertz CT molecular complexity index is 3330. The highest BCUT2D eigenvalue weighted by molar-refractivity contribution is 7.98. The lowest BCUT2D eigenvalue weighted by Crippen LogP contribution is -2.62. The highest BCUT2D eigenvalue weighted by atomic mass is 32.2. The third kappa shape index (κ3) is 31.2. The minimum absolute atomic E-state index is 0.0736. The molecule has 3 aromatic rings. The molecule has 0 aliphatic carbocycles. The van der Waals surface area contributed by atoms with E-state index in [0.717, 1.165) is 13.8 Å². The van der Waals surface area contributed by atoms with E-state index >= 15 is 0 Å². The van der Waals surface area contributed by atoms with Crippen molar-refractivity contribution in [2.45, 2.75) is 185 Å². The van der Waals surface area contributed by atoms with Crippen LogP contribution >= 0.6 is 11.8 Å². The number of hydrogen-bond acceptors (Lipinski definition) is 19. The van der Waals surface area contributed by atoms with Gasteiger partial charge < -0.3 is 102 Å². The van der Waals surface area contributed by atoms with Crippen molar-refractivity contribution in [3.05, 3.63) is 71.9 Å². The molecule has 3 rings (SSSR count). The minimum Gasteiger partial charge on any atom is -0.481 e. The summed E-state index contributed by atoms with van der Waals surface area (Å²) in [7, 11) is 0. The average molecular weight is 1410 g/mol. The number of carbonyl (C=O) groups excluding carboxylic acids is 13. The second kappa shape index (κ2) is 42.4. The van der Waals surface area contributed by atoms with Gasteiger partial charge in [-0.1, -0.05) is 76.2 Å². The number of aliphatic hydroxyl groups excluding tert-OH is 1. The number of hydrogen-bond donors (Lipinski definition) is 19. The molecule has 0 radical (unpaired) electrons. The normalized spacial score (nSPS) is 14.6. The van der Waals surface area contributed by atoms with Gasteiger partial charge in [0, 0.05) is 49.7 Å². The van der Waals surface area contributed by atoms with Crippen LogP contribution in [0.25, 0.3) is 10.9 Å². The van der Waals surface area contributed by atoms with Crippen LogP contribution in [-0.4, -0.2) is 205 Å². The molecule has 0 spiro atoms. The van der Waals surface area contributed by atoms with Gasteiger partial charge in [0.05, 0.1) is 25.0 Å². The highest BCUT2D eigenvalue weighted by Gasteiger charge is 2.38. The topological polar surface area (TPSA) is 594 Å². The number of carboxylic acids is 3. The van der Waals surface area contributed by atoms with Crippen molar-refractivity contribution in [1.82, 2.24) is 58.2 Å². The fourth-order valence-electron chi connectivity index (χ4n) is 9.53. The van der Waals surface area contributed by atoms with Gasteiger partial charge in [0.2, 0.25) is 76.8 Å². The lowest BCUT2D eigenvalue weighted by molar-refractivity contribution is -0.145. The van der Waals surface area contributed by atoms with Crippen LogP contribution in [0.1, 0.15) is 111 Å². The maximum Gasteiger partial charge on any atom is 0.328 e. The first kappa shape index (κ1) is 84.9. The Morgan fingerprint density at radius 1 is 0.475 bits per heavy atom. The van der Waals surface area contributed by atoms with E-state index in [-0.39, 0.29) is 43.8 Å². The molecule has 0 saturated heterocycles. The number of thioether (sulfide) groups is 1. The van der Waals surface area contributed by atoms with Gasteiger partial charge in [-0.2, -0.15) is 11.8 Å². The number of carboxylic acid groups (broad SMARTS) is 3. The third-order valence-corrected chi connectivity index (χ3v) is 15.3. The highest BCUT2D eigenvalue weighted by Crippen LogP contribution is 2.21. The van der Waals surface area contributed by atoms with Gasteiger partial charge in [0.15, 0.2) is 6.04 Å². The fraction of sp³-hybridized carbons (Fsp3) is 0.524. The standard InChI is InChI=1S/C61H89N15O18S.C2H4O2/c1-29(2)23-40(55(87)68-39(21-22-95-7)54(86)73-43(26-47(65)80)59(91)76-50(32(6)77)61(93)94)70-56(88)42(25-34-28-66-36-16-12-11-15-35(34)36)72-53(85)38(18-20-46(64)79)69-60(92)49(30(3)4)75-58(90)41(24-33-13-9-8-10-14-33)71-57(89)44(27-48(81)82)74-52(84)37(17-19-45(63)78)67-51(83)31(5)62;1-2(3)4/h8-16,28-32,37-44,49-50,66,77H,17-27,62H2,1-7H3,(H2,63,78)(H2,64,79)(H2,65,80)(H,67,83)(H,68,87)(H,69,92)(H,70,88)(H,71,89)(H,72,85)(H,73,86)(H,74,84)(H,75,90)(H,76,91)(H,81,82)(H,93,94);1H3,(H,3,4). The van der Waals surface area contributed by atoms with Crippen LogP contribution in [0.15, 0.2) is 60.8 Å². The Balaban J connectivity index is 0.00000809. The first-order chi connectivity index (χ1) is 46.3. The van der Waals surface area contributed by atoms with Crippen molar-refractivity contribution < 1.29 is 97.1 Å². The maximum atomic E-state index is 14.9. The van der Waals surface area contributed by atoms with Crippen LogP contribution in [-0.2, 0) is 89.6 Å². The molecule has 0 bridgehead atoms. The molecule has 0 aliphatic heterocycles. The molecule has 1 heterocycles. The Hall–Kier alpha value is -10.2. The number of aliphatic carboxylic acids is 3. The van der Waals surface area contributed by atoms with Crippen LogP contribution in [0.2, 0.25) is 0 Å². The van der Waals surface area contributed by atoms with E-state index in [1.165, 1.54) is 32.5 Å². The molecule has 0 saturated carbocycles. The molecular formula is C63H93N15O20S. The number of aromatic nitrogens is 1. The molecule has 546 valence electrons. The lowest BCUT2D eigenvalue weighted by Gasteiger charge is -2.29. The zero-order chi connectivity index (χ0) is 75.0. The summed E-state index contributed by atoms with van der Waals surface area (Å²) in [5.74, 6) is -18.1. The molecule has 36 heteroatoms. The van der Waals surface area contributed by atoms with Gasteiger partial charge in [0.1, 0.15) is 54.4 Å². The largest absolute Gasteiger partial charge is 0.481 e. The van der Waals surface area contributed by atoms with Crippen molar-refractivity contribution >= 4 is 117 Å². The van der Waals surface area contributed by atoms with E-state index in [4.69, 9.17) is 32.8 Å². The lowest BCUT2D eigenvalue weighted by atomic mass is 9.99. The predicted molar refractivity (Wildman–Crippen MR) is 358 cm³/mol. The van der Waals surface area contributed by atoms with Crippen molar-refractivity contribution in [2.24, 2.45) is 34.8 Å². The molecule has 99 heavy (non-hydrogen) atoms. The molecule has 12 unspecified atom stereocenters. The SMILES string of the molecule is CC(=O)O.CSCCC(NC(=O)C(CC(C)C)NC(=O)C(Cc1c[nH]c2ccccc12)NC(=O)C(CCC(N)=O)NC(=O)C(NC(=O)C(Cc1ccccc1)NC(=O)C(CC(=O)O)NC(=O)C(CCC(N)=O)NC(=O)C(C)N)C(C)C)C(=O)NC(CC(N)=O)C(=O)NC(C(=O)O)C(C)O. The van der Waals surface area contributed by atoms with E-state index in [1.54, 1.807) is 80.9 Å². The third-order valence-electron chi connectivity index (χ3n) is 14.6. The van der Waals surface area contributed by atoms with Crippen molar-refractivity contribution in [2.75, 3.05) is 12.0 Å². The van der Waals surface area contributed by atoms with Crippen LogP contribution in [0, 0.1) is 11.8 Å². The van der Waals surface area contributed by atoms with Crippen molar-refractivity contribution in [3.63, 3.8) is 0 Å². The average Bonchev–Trinajstić information content (AvgIpc) is 1.73. The minimum atomic E-state index is -1.91. The summed E-state index contributed by atoms with van der Waals surface area (Å²) in [4.78, 5) is 213. The molecule has 0 aliphatic rings. The summed E-state index contributed by atoms with van der Waals surface area (Å²) in [6.45, 7) is 9.96. The summed E-state index contributed by atoms with van der Waals surface area (Å²) in [6, 6.07) is -2.52. The van der Waals surface area contributed by atoms with Crippen LogP contribution in [0.4, 0.5) is 0 Å². The number of nitrogens with one attached hydrogen (secondary N) is 11. The number of primary amides is 3. The molecule has 35 nitrogen and oxygen atoms in total. The van der Waals surface area contributed by atoms with Gasteiger partial charge in [0.25, 0.3) is 5.97 Å². The summed E-state index contributed by atoms with van der Waals surface area (Å²) in [6.07, 6.45) is -2.71. The molecule has 12 atom stereocenters. The van der Waals surface area contributed by atoms with E-state index in [0.29, 0.717) is 22.0 Å². The molecule has 13 amide bonds.